The summed E-state index contributed by atoms with van der Waals surface area (Å²) >= 11 is 5.90. The highest BCUT2D eigenvalue weighted by atomic mass is 35.5. The lowest BCUT2D eigenvalue weighted by Gasteiger charge is -2.09. The highest BCUT2D eigenvalue weighted by Gasteiger charge is 2.24. The van der Waals surface area contributed by atoms with Crippen molar-refractivity contribution in [2.75, 3.05) is 0 Å². The number of benzene rings is 1. The van der Waals surface area contributed by atoms with E-state index in [4.69, 9.17) is 11.6 Å². The Hall–Kier alpha value is -0.890. The van der Waals surface area contributed by atoms with Crippen LogP contribution in [0.5, 0.6) is 0 Å². The van der Waals surface area contributed by atoms with Crippen molar-refractivity contribution in [3.8, 4) is 0 Å². The highest BCUT2D eigenvalue weighted by molar-refractivity contribution is 6.31. The zero-order chi connectivity index (χ0) is 10.8. The Balaban J connectivity index is 2.13. The van der Waals surface area contributed by atoms with E-state index in [-0.39, 0.29) is 11.7 Å². The second kappa shape index (κ2) is 4.31. The quantitative estimate of drug-likeness (QED) is 0.756. The molecule has 1 aliphatic rings. The molecule has 1 fully saturated rings. The molecule has 15 heavy (non-hydrogen) atoms. The summed E-state index contributed by atoms with van der Waals surface area (Å²) < 4.78 is 12.8. The Morgan fingerprint density at radius 1 is 1.47 bits per heavy atom. The third-order valence-corrected chi connectivity index (χ3v) is 3.26. The Kier molecular flexibility index (Phi) is 3.06. The van der Waals surface area contributed by atoms with Crippen molar-refractivity contribution in [3.63, 3.8) is 0 Å². The normalized spacial score (nSPS) is 20.9. The first-order valence-corrected chi connectivity index (χ1v) is 5.51. The number of carbonyl (C=O) groups is 1. The molecule has 0 saturated heterocycles. The minimum Gasteiger partial charge on any atom is -0.299 e. The van der Waals surface area contributed by atoms with Gasteiger partial charge >= 0.3 is 0 Å². The Bertz CT molecular complexity index is 389. The first kappa shape index (κ1) is 10.6. The van der Waals surface area contributed by atoms with Crippen molar-refractivity contribution in [2.24, 2.45) is 5.92 Å². The van der Waals surface area contributed by atoms with Gasteiger partial charge in [0, 0.05) is 17.4 Å². The third kappa shape index (κ3) is 2.37. The van der Waals surface area contributed by atoms with E-state index in [0.717, 1.165) is 18.4 Å². The van der Waals surface area contributed by atoms with E-state index in [1.165, 1.54) is 12.1 Å². The number of Topliss-reactive ketones (excluding diaryl/α,β-unsaturated/α-hetero) is 1. The molecular weight excluding hydrogens is 215 g/mol. The highest BCUT2D eigenvalue weighted by Crippen LogP contribution is 2.28. The van der Waals surface area contributed by atoms with Crippen LogP contribution in [0.1, 0.15) is 24.8 Å². The molecule has 0 spiro atoms. The van der Waals surface area contributed by atoms with Gasteiger partial charge in [-0.3, -0.25) is 4.79 Å². The SMILES string of the molecule is O=C1CCCC1Cc1ccc(F)cc1Cl. The summed E-state index contributed by atoms with van der Waals surface area (Å²) in [6, 6.07) is 4.36. The minimum atomic E-state index is -0.332. The average molecular weight is 227 g/mol. The molecule has 1 aromatic carbocycles. The molecule has 2 rings (SSSR count). The number of halogens is 2. The van der Waals surface area contributed by atoms with Crippen LogP contribution in [0.3, 0.4) is 0 Å². The van der Waals surface area contributed by atoms with Crippen molar-refractivity contribution >= 4 is 17.4 Å². The van der Waals surface area contributed by atoms with E-state index in [9.17, 15) is 9.18 Å². The van der Waals surface area contributed by atoms with Gasteiger partial charge in [0.25, 0.3) is 0 Å². The van der Waals surface area contributed by atoms with E-state index in [0.29, 0.717) is 23.6 Å². The van der Waals surface area contributed by atoms with Crippen LogP contribution in [0.15, 0.2) is 18.2 Å². The monoisotopic (exact) mass is 226 g/mol. The average Bonchev–Trinajstić information content (AvgIpc) is 2.57. The topological polar surface area (TPSA) is 17.1 Å². The zero-order valence-corrected chi connectivity index (χ0v) is 9.06. The summed E-state index contributed by atoms with van der Waals surface area (Å²) in [6.07, 6.45) is 3.25. The maximum absolute atomic E-state index is 12.8. The third-order valence-electron chi connectivity index (χ3n) is 2.91. The van der Waals surface area contributed by atoms with Gasteiger partial charge in [0.1, 0.15) is 11.6 Å². The fourth-order valence-electron chi connectivity index (χ4n) is 2.06. The number of hydrogen-bond acceptors (Lipinski definition) is 1. The predicted octanol–water partition coefficient (Wildman–Crippen LogP) is 3.39. The van der Waals surface area contributed by atoms with Gasteiger partial charge in [-0.15, -0.1) is 0 Å². The minimum absolute atomic E-state index is 0.0907. The van der Waals surface area contributed by atoms with Gasteiger partial charge in [-0.2, -0.15) is 0 Å². The fourth-order valence-corrected chi connectivity index (χ4v) is 2.30. The lowest BCUT2D eigenvalue weighted by atomic mass is 9.97. The smallest absolute Gasteiger partial charge is 0.136 e. The second-order valence-electron chi connectivity index (χ2n) is 4.00. The van der Waals surface area contributed by atoms with Crippen LogP contribution in [-0.4, -0.2) is 5.78 Å². The molecule has 0 radical (unpaired) electrons. The van der Waals surface area contributed by atoms with Crippen molar-refractivity contribution < 1.29 is 9.18 Å². The van der Waals surface area contributed by atoms with E-state index in [2.05, 4.69) is 0 Å². The number of rotatable bonds is 2. The van der Waals surface area contributed by atoms with Gasteiger partial charge in [-0.05, 0) is 37.0 Å². The number of carbonyl (C=O) groups excluding carboxylic acids is 1. The molecule has 0 bridgehead atoms. The maximum atomic E-state index is 12.8. The van der Waals surface area contributed by atoms with Gasteiger partial charge in [-0.25, -0.2) is 4.39 Å². The first-order valence-electron chi connectivity index (χ1n) is 5.13. The van der Waals surface area contributed by atoms with Crippen molar-refractivity contribution in [2.45, 2.75) is 25.7 Å². The summed E-state index contributed by atoms with van der Waals surface area (Å²) in [5.74, 6) is 0.0739. The Morgan fingerprint density at radius 3 is 2.87 bits per heavy atom. The van der Waals surface area contributed by atoms with E-state index < -0.39 is 0 Å². The van der Waals surface area contributed by atoms with Gasteiger partial charge in [-0.1, -0.05) is 17.7 Å². The van der Waals surface area contributed by atoms with Gasteiger partial charge in [0.2, 0.25) is 0 Å². The molecule has 80 valence electrons. The van der Waals surface area contributed by atoms with Crippen molar-refractivity contribution in [1.82, 2.24) is 0 Å². The van der Waals surface area contributed by atoms with Gasteiger partial charge in [0.15, 0.2) is 0 Å². The fraction of sp³-hybridized carbons (Fsp3) is 0.417. The summed E-state index contributed by atoms with van der Waals surface area (Å²) in [5, 5.41) is 0.426. The molecule has 1 aliphatic carbocycles. The molecular formula is C12H12ClFO. The first-order chi connectivity index (χ1) is 7.16. The molecule has 0 N–H and O–H groups in total. The summed E-state index contributed by atoms with van der Waals surface area (Å²) in [7, 11) is 0. The van der Waals surface area contributed by atoms with Crippen LogP contribution in [-0.2, 0) is 11.2 Å². The molecule has 3 heteroatoms. The van der Waals surface area contributed by atoms with Crippen molar-refractivity contribution in [3.05, 3.63) is 34.6 Å². The van der Waals surface area contributed by atoms with Crippen LogP contribution in [0.25, 0.3) is 0 Å². The Labute approximate surface area is 93.2 Å². The molecule has 0 amide bonds. The van der Waals surface area contributed by atoms with Crippen LogP contribution < -0.4 is 0 Å². The van der Waals surface area contributed by atoms with Crippen molar-refractivity contribution in [1.29, 1.82) is 0 Å². The van der Waals surface area contributed by atoms with Crippen LogP contribution in [0.2, 0.25) is 5.02 Å². The van der Waals surface area contributed by atoms with Gasteiger partial charge in [0.05, 0.1) is 0 Å². The molecule has 1 aromatic rings. The molecule has 0 aromatic heterocycles. The standard InChI is InChI=1S/C12H12ClFO/c13-11-7-10(14)5-4-8(11)6-9-2-1-3-12(9)15/h4-5,7,9H,1-3,6H2. The predicted molar refractivity (Wildman–Crippen MR) is 57.5 cm³/mol. The van der Waals surface area contributed by atoms with E-state index >= 15 is 0 Å². The molecule has 0 heterocycles. The van der Waals surface area contributed by atoms with Gasteiger partial charge < -0.3 is 0 Å². The molecule has 1 nitrogen and oxygen atoms in total. The molecule has 0 aliphatic heterocycles. The van der Waals surface area contributed by atoms with E-state index in [1.807, 2.05) is 0 Å². The molecule has 1 atom stereocenters. The number of hydrogen-bond donors (Lipinski definition) is 0. The molecule has 1 unspecified atom stereocenters. The van der Waals surface area contributed by atoms with Crippen LogP contribution in [0, 0.1) is 11.7 Å². The summed E-state index contributed by atoms with van der Waals surface area (Å²) in [5.41, 5.74) is 0.873. The lowest BCUT2D eigenvalue weighted by molar-refractivity contribution is -0.120. The van der Waals surface area contributed by atoms with E-state index in [1.54, 1.807) is 6.07 Å². The largest absolute Gasteiger partial charge is 0.299 e. The van der Waals surface area contributed by atoms with Crippen LogP contribution in [0.4, 0.5) is 4.39 Å². The summed E-state index contributed by atoms with van der Waals surface area (Å²) in [6.45, 7) is 0. The maximum Gasteiger partial charge on any atom is 0.136 e. The summed E-state index contributed by atoms with van der Waals surface area (Å²) in [4.78, 5) is 11.4. The molecule has 1 saturated carbocycles. The second-order valence-corrected chi connectivity index (χ2v) is 4.40. The Morgan fingerprint density at radius 2 is 2.27 bits per heavy atom. The number of ketones is 1. The lowest BCUT2D eigenvalue weighted by Crippen LogP contribution is -2.09. The zero-order valence-electron chi connectivity index (χ0n) is 8.30. The van der Waals surface area contributed by atoms with Crippen LogP contribution >= 0.6 is 11.6 Å².